The van der Waals surface area contributed by atoms with Crippen molar-refractivity contribution in [2.75, 3.05) is 19.6 Å². The fourth-order valence-corrected chi connectivity index (χ4v) is 2.99. The summed E-state index contributed by atoms with van der Waals surface area (Å²) in [5.41, 5.74) is 1.23. The highest BCUT2D eigenvalue weighted by Crippen LogP contribution is 2.26. The minimum absolute atomic E-state index is 0.101. The van der Waals surface area contributed by atoms with Gasteiger partial charge in [0.1, 0.15) is 11.9 Å². The third kappa shape index (κ3) is 6.00. The van der Waals surface area contributed by atoms with Gasteiger partial charge in [-0.1, -0.05) is 37.6 Å². The van der Waals surface area contributed by atoms with Crippen LogP contribution in [0.15, 0.2) is 36.9 Å². The molecule has 1 aromatic rings. The zero-order valence-electron chi connectivity index (χ0n) is 14.8. The second-order valence-electron chi connectivity index (χ2n) is 6.40. The molecule has 0 saturated heterocycles. The molecule has 1 aromatic carbocycles. The highest BCUT2D eigenvalue weighted by atomic mass is 16.5. The van der Waals surface area contributed by atoms with Crippen molar-refractivity contribution < 1.29 is 9.53 Å². The van der Waals surface area contributed by atoms with Crippen LogP contribution in [-0.2, 0) is 11.3 Å². The van der Waals surface area contributed by atoms with Gasteiger partial charge >= 0.3 is 0 Å². The molecule has 0 spiro atoms. The average Bonchev–Trinajstić information content (AvgIpc) is 2.76. The molecular formula is C20H30N2O2. The van der Waals surface area contributed by atoms with Gasteiger partial charge in [0.25, 0.3) is 0 Å². The van der Waals surface area contributed by atoms with Gasteiger partial charge in [0.05, 0.1) is 0 Å². The zero-order chi connectivity index (χ0) is 17.2. The Morgan fingerprint density at radius 1 is 1.46 bits per heavy atom. The summed E-state index contributed by atoms with van der Waals surface area (Å²) in [4.78, 5) is 14.1. The normalized spacial score (nSPS) is 17.5. The molecule has 0 aliphatic carbocycles. The van der Waals surface area contributed by atoms with Crippen LogP contribution >= 0.6 is 0 Å². The molecule has 0 fully saturated rings. The Labute approximate surface area is 145 Å². The lowest BCUT2D eigenvalue weighted by atomic mass is 10.1. The van der Waals surface area contributed by atoms with Crippen molar-refractivity contribution in [3.8, 4) is 5.75 Å². The molecule has 1 unspecified atom stereocenters. The number of carbonyl (C=O) groups excluding carboxylic acids is 1. The summed E-state index contributed by atoms with van der Waals surface area (Å²) in [5, 5.41) is 3.00. The van der Waals surface area contributed by atoms with E-state index in [9.17, 15) is 4.79 Å². The molecule has 1 amide bonds. The summed E-state index contributed by atoms with van der Waals surface area (Å²) in [5.74, 6) is 1.11. The molecule has 0 bridgehead atoms. The Kier molecular flexibility index (Phi) is 7.83. The molecule has 2 rings (SSSR count). The van der Waals surface area contributed by atoms with E-state index >= 15 is 0 Å². The van der Waals surface area contributed by atoms with Crippen molar-refractivity contribution >= 4 is 5.91 Å². The number of rotatable bonds is 9. The fraction of sp³-hybridized carbons (Fsp3) is 0.550. The molecule has 0 aromatic heterocycles. The number of unbranched alkanes of at least 4 members (excludes halogenated alkanes) is 1. The Bertz CT molecular complexity index is 530. The highest BCUT2D eigenvalue weighted by molar-refractivity contribution is 5.75. The first-order valence-corrected chi connectivity index (χ1v) is 9.07. The molecule has 1 atom stereocenters. The van der Waals surface area contributed by atoms with E-state index in [0.29, 0.717) is 13.0 Å². The fourth-order valence-electron chi connectivity index (χ4n) is 2.99. The zero-order valence-corrected chi connectivity index (χ0v) is 14.8. The Balaban J connectivity index is 1.90. The Morgan fingerprint density at radius 2 is 2.29 bits per heavy atom. The van der Waals surface area contributed by atoms with E-state index in [1.807, 2.05) is 6.07 Å². The van der Waals surface area contributed by atoms with Gasteiger partial charge in [-0.05, 0) is 25.3 Å². The van der Waals surface area contributed by atoms with Crippen LogP contribution in [0.2, 0.25) is 0 Å². The number of nitrogens with zero attached hydrogens (tertiary/aromatic N) is 1. The lowest BCUT2D eigenvalue weighted by molar-refractivity contribution is -0.121. The summed E-state index contributed by atoms with van der Waals surface area (Å²) in [6.45, 7) is 9.18. The van der Waals surface area contributed by atoms with Gasteiger partial charge in [-0.15, -0.1) is 6.58 Å². The van der Waals surface area contributed by atoms with Crippen molar-refractivity contribution in [2.45, 2.75) is 51.7 Å². The minimum Gasteiger partial charge on any atom is -0.489 e. The maximum atomic E-state index is 11.7. The third-order valence-corrected chi connectivity index (χ3v) is 4.33. The molecular weight excluding hydrogens is 300 g/mol. The quantitative estimate of drug-likeness (QED) is 0.704. The van der Waals surface area contributed by atoms with Gasteiger partial charge in [0, 0.05) is 38.2 Å². The van der Waals surface area contributed by atoms with Crippen LogP contribution < -0.4 is 10.1 Å². The van der Waals surface area contributed by atoms with Crippen LogP contribution in [0.4, 0.5) is 0 Å². The van der Waals surface area contributed by atoms with Crippen LogP contribution in [0.3, 0.4) is 0 Å². The number of fused-ring (bicyclic) bond motifs is 1. The number of hydrogen-bond acceptors (Lipinski definition) is 3. The van der Waals surface area contributed by atoms with Gasteiger partial charge in [-0.2, -0.15) is 0 Å². The number of benzene rings is 1. The van der Waals surface area contributed by atoms with E-state index in [0.717, 1.165) is 38.2 Å². The van der Waals surface area contributed by atoms with E-state index in [2.05, 4.69) is 41.9 Å². The molecule has 1 heterocycles. The minimum atomic E-state index is 0.101. The van der Waals surface area contributed by atoms with Gasteiger partial charge < -0.3 is 10.1 Å². The highest BCUT2D eigenvalue weighted by Gasteiger charge is 2.22. The SMILES string of the molecule is C=CCCC(=O)NCCN1Cc2ccccc2OC(CCCC)C1. The molecule has 1 N–H and O–H groups in total. The summed E-state index contributed by atoms with van der Waals surface area (Å²) < 4.78 is 6.23. The van der Waals surface area contributed by atoms with E-state index < -0.39 is 0 Å². The summed E-state index contributed by atoms with van der Waals surface area (Å²) >= 11 is 0. The van der Waals surface area contributed by atoms with Crippen molar-refractivity contribution in [1.29, 1.82) is 0 Å². The van der Waals surface area contributed by atoms with Gasteiger partial charge in [0.2, 0.25) is 5.91 Å². The first-order chi connectivity index (χ1) is 11.7. The van der Waals surface area contributed by atoms with Crippen LogP contribution in [0.1, 0.15) is 44.6 Å². The third-order valence-electron chi connectivity index (χ3n) is 4.33. The molecule has 1 aliphatic rings. The molecule has 24 heavy (non-hydrogen) atoms. The number of carbonyl (C=O) groups is 1. The van der Waals surface area contributed by atoms with E-state index in [-0.39, 0.29) is 12.0 Å². The van der Waals surface area contributed by atoms with Crippen molar-refractivity contribution in [2.24, 2.45) is 0 Å². The lowest BCUT2D eigenvalue weighted by Gasteiger charge is -2.24. The number of para-hydroxylation sites is 1. The average molecular weight is 330 g/mol. The summed E-state index contributed by atoms with van der Waals surface area (Å²) in [6.07, 6.45) is 6.70. The molecule has 132 valence electrons. The Morgan fingerprint density at radius 3 is 3.08 bits per heavy atom. The molecule has 4 nitrogen and oxygen atoms in total. The van der Waals surface area contributed by atoms with E-state index in [1.54, 1.807) is 6.08 Å². The predicted molar refractivity (Wildman–Crippen MR) is 98.1 cm³/mol. The maximum absolute atomic E-state index is 11.7. The van der Waals surface area contributed by atoms with Gasteiger partial charge in [-0.25, -0.2) is 0 Å². The Hall–Kier alpha value is -1.81. The van der Waals surface area contributed by atoms with Crippen molar-refractivity contribution in [1.82, 2.24) is 10.2 Å². The monoisotopic (exact) mass is 330 g/mol. The number of hydrogen-bond donors (Lipinski definition) is 1. The number of amides is 1. The van der Waals surface area contributed by atoms with Gasteiger partial charge in [-0.3, -0.25) is 9.69 Å². The lowest BCUT2D eigenvalue weighted by Crippen LogP contribution is -2.38. The van der Waals surface area contributed by atoms with E-state index in [4.69, 9.17) is 4.74 Å². The van der Waals surface area contributed by atoms with Crippen LogP contribution in [0.25, 0.3) is 0 Å². The first kappa shape index (κ1) is 18.5. The molecule has 4 heteroatoms. The second-order valence-corrected chi connectivity index (χ2v) is 6.40. The van der Waals surface area contributed by atoms with Crippen molar-refractivity contribution in [3.05, 3.63) is 42.5 Å². The molecule has 0 radical (unpaired) electrons. The number of nitrogens with one attached hydrogen (secondary N) is 1. The second kappa shape index (κ2) is 10.1. The van der Waals surface area contributed by atoms with Crippen LogP contribution in [0, 0.1) is 0 Å². The topological polar surface area (TPSA) is 41.6 Å². The maximum Gasteiger partial charge on any atom is 0.220 e. The molecule has 1 aliphatic heterocycles. The van der Waals surface area contributed by atoms with Gasteiger partial charge in [0.15, 0.2) is 0 Å². The van der Waals surface area contributed by atoms with Crippen LogP contribution in [0.5, 0.6) is 5.75 Å². The number of allylic oxidation sites excluding steroid dienone is 1. The first-order valence-electron chi connectivity index (χ1n) is 9.07. The van der Waals surface area contributed by atoms with E-state index in [1.165, 1.54) is 18.4 Å². The standard InChI is InChI=1S/C20H30N2O2/c1-3-5-10-18-16-22(14-13-21-20(23)12-6-4-2)15-17-9-7-8-11-19(17)24-18/h4,7-9,11,18H,2-3,5-6,10,12-16H2,1H3,(H,21,23). The largest absolute Gasteiger partial charge is 0.489 e. The molecule has 0 saturated carbocycles. The van der Waals surface area contributed by atoms with Crippen molar-refractivity contribution in [3.63, 3.8) is 0 Å². The number of ether oxygens (including phenoxy) is 1. The predicted octanol–water partition coefficient (Wildman–Crippen LogP) is 3.52. The van der Waals surface area contributed by atoms with Crippen LogP contribution in [-0.4, -0.2) is 36.5 Å². The summed E-state index contributed by atoms with van der Waals surface area (Å²) in [7, 11) is 0. The smallest absolute Gasteiger partial charge is 0.220 e. The summed E-state index contributed by atoms with van der Waals surface area (Å²) in [6, 6.07) is 8.29.